The molecular formula is C14H21N3O. The Morgan fingerprint density at radius 2 is 2.22 bits per heavy atom. The van der Waals surface area contributed by atoms with Gasteiger partial charge in [0.15, 0.2) is 0 Å². The number of aromatic nitrogens is 2. The van der Waals surface area contributed by atoms with Crippen LogP contribution in [0, 0.1) is 18.8 Å². The van der Waals surface area contributed by atoms with Crippen LogP contribution in [-0.4, -0.2) is 27.1 Å². The third-order valence-electron chi connectivity index (χ3n) is 2.67. The fourth-order valence-electron chi connectivity index (χ4n) is 1.84. The van der Waals surface area contributed by atoms with E-state index < -0.39 is 0 Å². The van der Waals surface area contributed by atoms with Crippen LogP contribution in [0.2, 0.25) is 0 Å². The van der Waals surface area contributed by atoms with E-state index in [9.17, 15) is 4.79 Å². The lowest BCUT2D eigenvalue weighted by Crippen LogP contribution is -2.30. The van der Waals surface area contributed by atoms with E-state index in [2.05, 4.69) is 23.9 Å². The molecule has 98 valence electrons. The van der Waals surface area contributed by atoms with Gasteiger partial charge in [-0.3, -0.25) is 9.48 Å². The monoisotopic (exact) mass is 247 g/mol. The summed E-state index contributed by atoms with van der Waals surface area (Å²) in [5.41, 5.74) is 2.06. The molecule has 1 heterocycles. The second-order valence-electron chi connectivity index (χ2n) is 4.19. The van der Waals surface area contributed by atoms with Crippen LogP contribution in [0.5, 0.6) is 0 Å². The smallest absolute Gasteiger partial charge is 0.298 e. The highest BCUT2D eigenvalue weighted by Gasteiger charge is 2.13. The lowest BCUT2D eigenvalue weighted by atomic mass is 10.3. The van der Waals surface area contributed by atoms with Crippen molar-refractivity contribution in [2.45, 2.75) is 47.2 Å². The van der Waals surface area contributed by atoms with Crippen molar-refractivity contribution in [2.75, 3.05) is 6.54 Å². The zero-order valence-electron chi connectivity index (χ0n) is 11.7. The number of rotatable bonds is 5. The van der Waals surface area contributed by atoms with Crippen molar-refractivity contribution in [3.63, 3.8) is 0 Å². The number of aryl methyl sites for hydroxylation is 2. The lowest BCUT2D eigenvalue weighted by Gasteiger charge is -2.18. The van der Waals surface area contributed by atoms with Gasteiger partial charge in [-0.2, -0.15) is 5.10 Å². The summed E-state index contributed by atoms with van der Waals surface area (Å²) >= 11 is 0. The minimum Gasteiger partial charge on any atom is -0.326 e. The molecule has 1 aromatic rings. The van der Waals surface area contributed by atoms with E-state index >= 15 is 0 Å². The van der Waals surface area contributed by atoms with Crippen LogP contribution in [0.1, 0.15) is 38.6 Å². The van der Waals surface area contributed by atoms with Gasteiger partial charge in [0.1, 0.15) is 0 Å². The Labute approximate surface area is 109 Å². The van der Waals surface area contributed by atoms with Gasteiger partial charge in [0, 0.05) is 13.1 Å². The second kappa shape index (κ2) is 6.85. The minimum absolute atomic E-state index is 0.123. The van der Waals surface area contributed by atoms with Crippen LogP contribution >= 0.6 is 0 Å². The molecule has 1 aromatic heterocycles. The summed E-state index contributed by atoms with van der Waals surface area (Å²) in [5.74, 6) is 5.11. The van der Waals surface area contributed by atoms with Crippen molar-refractivity contribution < 1.29 is 4.79 Å². The Hall–Kier alpha value is -1.76. The molecule has 18 heavy (non-hydrogen) atoms. The first-order valence-corrected chi connectivity index (χ1v) is 6.37. The molecular weight excluding hydrogens is 226 g/mol. The Balaban J connectivity index is 2.86. The van der Waals surface area contributed by atoms with E-state index in [4.69, 9.17) is 0 Å². The number of hydrogen-bond acceptors (Lipinski definition) is 2. The molecule has 1 rings (SSSR count). The predicted molar refractivity (Wildman–Crippen MR) is 71.8 cm³/mol. The van der Waals surface area contributed by atoms with Crippen LogP contribution < -0.4 is 0 Å². The highest BCUT2D eigenvalue weighted by Crippen LogP contribution is 2.08. The predicted octanol–water partition coefficient (Wildman–Crippen LogP) is 1.97. The molecule has 4 nitrogen and oxygen atoms in total. The summed E-state index contributed by atoms with van der Waals surface area (Å²) in [6.07, 6.45) is 1.03. The van der Waals surface area contributed by atoms with Crippen LogP contribution in [-0.2, 0) is 17.9 Å². The molecule has 0 radical (unpaired) electrons. The van der Waals surface area contributed by atoms with Gasteiger partial charge in [-0.25, -0.2) is 0 Å². The molecule has 0 unspecified atom stereocenters. The maximum atomic E-state index is 11.8. The molecule has 0 bridgehead atoms. The summed E-state index contributed by atoms with van der Waals surface area (Å²) in [6.45, 7) is 9.84. The van der Waals surface area contributed by atoms with E-state index in [-0.39, 0.29) is 5.91 Å². The van der Waals surface area contributed by atoms with Gasteiger partial charge in [0.05, 0.1) is 17.9 Å². The third kappa shape index (κ3) is 3.63. The largest absolute Gasteiger partial charge is 0.326 e. The fraction of sp³-hybridized carbons (Fsp3) is 0.571. The van der Waals surface area contributed by atoms with Crippen molar-refractivity contribution in [1.82, 2.24) is 14.7 Å². The van der Waals surface area contributed by atoms with Gasteiger partial charge in [0.2, 0.25) is 0 Å². The van der Waals surface area contributed by atoms with Gasteiger partial charge in [-0.1, -0.05) is 12.8 Å². The van der Waals surface area contributed by atoms with E-state index in [0.29, 0.717) is 13.1 Å². The standard InChI is InChI=1S/C14H21N3O/c1-5-8-14(18)16(7-3)11-13-10-12(4)15-17(13)9-6-2/h10H,6-7,9,11H2,1-4H3. The van der Waals surface area contributed by atoms with Crippen LogP contribution in [0.25, 0.3) is 0 Å². The summed E-state index contributed by atoms with van der Waals surface area (Å²) in [4.78, 5) is 13.5. The Morgan fingerprint density at radius 3 is 2.78 bits per heavy atom. The lowest BCUT2D eigenvalue weighted by molar-refractivity contribution is -0.125. The number of nitrogens with zero attached hydrogens (tertiary/aromatic N) is 3. The summed E-state index contributed by atoms with van der Waals surface area (Å²) in [6, 6.07) is 2.03. The fourth-order valence-corrected chi connectivity index (χ4v) is 1.84. The Morgan fingerprint density at radius 1 is 1.50 bits per heavy atom. The minimum atomic E-state index is -0.123. The molecule has 0 aromatic carbocycles. The number of hydrogen-bond donors (Lipinski definition) is 0. The van der Waals surface area contributed by atoms with Gasteiger partial charge in [0.25, 0.3) is 5.91 Å². The molecule has 0 saturated carbocycles. The van der Waals surface area contributed by atoms with E-state index in [1.165, 1.54) is 0 Å². The average molecular weight is 247 g/mol. The van der Waals surface area contributed by atoms with Gasteiger partial charge >= 0.3 is 0 Å². The zero-order chi connectivity index (χ0) is 13.5. The summed E-state index contributed by atoms with van der Waals surface area (Å²) < 4.78 is 1.98. The Bertz CT molecular complexity index is 465. The number of amides is 1. The maximum absolute atomic E-state index is 11.8. The van der Waals surface area contributed by atoms with E-state index in [1.54, 1.807) is 11.8 Å². The normalized spacial score (nSPS) is 9.78. The van der Waals surface area contributed by atoms with Crippen LogP contribution in [0.4, 0.5) is 0 Å². The van der Waals surface area contributed by atoms with Crippen molar-refractivity contribution in [3.8, 4) is 11.8 Å². The van der Waals surface area contributed by atoms with Crippen molar-refractivity contribution in [3.05, 3.63) is 17.5 Å². The highest BCUT2D eigenvalue weighted by atomic mass is 16.2. The van der Waals surface area contributed by atoms with Crippen molar-refractivity contribution in [1.29, 1.82) is 0 Å². The highest BCUT2D eigenvalue weighted by molar-refractivity contribution is 5.93. The molecule has 0 N–H and O–H groups in total. The molecule has 0 aliphatic heterocycles. The first-order chi connectivity index (χ1) is 8.62. The second-order valence-corrected chi connectivity index (χ2v) is 4.19. The molecule has 0 aliphatic carbocycles. The first-order valence-electron chi connectivity index (χ1n) is 6.37. The zero-order valence-corrected chi connectivity index (χ0v) is 11.7. The van der Waals surface area contributed by atoms with Gasteiger partial charge in [-0.15, -0.1) is 0 Å². The number of carbonyl (C=O) groups is 1. The summed E-state index contributed by atoms with van der Waals surface area (Å²) in [5, 5.41) is 4.44. The molecule has 1 amide bonds. The first kappa shape index (κ1) is 14.3. The van der Waals surface area contributed by atoms with Crippen LogP contribution in [0.3, 0.4) is 0 Å². The third-order valence-corrected chi connectivity index (χ3v) is 2.67. The molecule has 0 fully saturated rings. The van der Waals surface area contributed by atoms with E-state index in [0.717, 1.165) is 24.4 Å². The molecule has 4 heteroatoms. The number of carbonyl (C=O) groups excluding carboxylic acids is 1. The van der Waals surface area contributed by atoms with Gasteiger partial charge in [-0.05, 0) is 39.2 Å². The van der Waals surface area contributed by atoms with E-state index in [1.807, 2.05) is 24.6 Å². The van der Waals surface area contributed by atoms with Gasteiger partial charge < -0.3 is 4.90 Å². The molecule has 0 aliphatic rings. The quantitative estimate of drug-likeness (QED) is 0.746. The SMILES string of the molecule is CC#CC(=O)N(CC)Cc1cc(C)nn1CCC. The average Bonchev–Trinajstić information content (AvgIpc) is 2.67. The Kier molecular flexibility index (Phi) is 5.44. The van der Waals surface area contributed by atoms with Crippen LogP contribution in [0.15, 0.2) is 6.07 Å². The van der Waals surface area contributed by atoms with Crippen molar-refractivity contribution in [2.24, 2.45) is 0 Å². The molecule has 0 spiro atoms. The maximum Gasteiger partial charge on any atom is 0.298 e. The van der Waals surface area contributed by atoms with Crippen molar-refractivity contribution >= 4 is 5.91 Å². The molecule has 0 saturated heterocycles. The summed E-state index contributed by atoms with van der Waals surface area (Å²) in [7, 11) is 0. The molecule has 0 atom stereocenters. The topological polar surface area (TPSA) is 38.1 Å².